The minimum absolute atomic E-state index is 0.144. The van der Waals surface area contributed by atoms with Gasteiger partial charge in [0.1, 0.15) is 10.6 Å². The van der Waals surface area contributed by atoms with Crippen LogP contribution in [0.15, 0.2) is 35.2 Å². The summed E-state index contributed by atoms with van der Waals surface area (Å²) in [6.45, 7) is 7.16. The molecule has 0 amide bonds. The Bertz CT molecular complexity index is 795. The van der Waals surface area contributed by atoms with Gasteiger partial charge in [0.05, 0.1) is 0 Å². The zero-order chi connectivity index (χ0) is 15.8. The van der Waals surface area contributed by atoms with Crippen molar-refractivity contribution in [3.63, 3.8) is 0 Å². The molecule has 2 aromatic rings. The molecule has 0 saturated heterocycles. The van der Waals surface area contributed by atoms with Crippen LogP contribution in [0.4, 0.5) is 0 Å². The summed E-state index contributed by atoms with van der Waals surface area (Å²) in [4.78, 5) is 0.144. The van der Waals surface area contributed by atoms with Crippen molar-refractivity contribution < 1.29 is 12.6 Å². The van der Waals surface area contributed by atoms with Crippen molar-refractivity contribution in [3.05, 3.63) is 57.6 Å². The summed E-state index contributed by atoms with van der Waals surface area (Å²) in [6, 6.07) is 8.63. The van der Waals surface area contributed by atoms with E-state index in [1.165, 1.54) is 6.07 Å². The van der Waals surface area contributed by atoms with Crippen LogP contribution in [0.5, 0.6) is 5.75 Å². The molecule has 0 saturated carbocycles. The molecule has 2 rings (SSSR count). The highest BCUT2D eigenvalue weighted by molar-refractivity contribution is 7.87. The SMILES string of the molecule is Cc1ccc(C)c(OS(=O)(=O)c2cc(C)c(Cl)cc2C)c1. The van der Waals surface area contributed by atoms with E-state index in [1.807, 2.05) is 26.0 Å². The second-order valence-corrected chi connectivity index (χ2v) is 7.10. The first-order valence-corrected chi connectivity index (χ1v) is 8.28. The van der Waals surface area contributed by atoms with E-state index >= 15 is 0 Å². The first-order chi connectivity index (χ1) is 9.70. The summed E-state index contributed by atoms with van der Waals surface area (Å²) in [5.74, 6) is 0.349. The Balaban J connectivity index is 2.48. The van der Waals surface area contributed by atoms with Crippen molar-refractivity contribution in [2.24, 2.45) is 0 Å². The predicted octanol–water partition coefficient (Wildman–Crippen LogP) is 4.34. The van der Waals surface area contributed by atoms with Gasteiger partial charge >= 0.3 is 10.1 Å². The van der Waals surface area contributed by atoms with Gasteiger partial charge in [-0.25, -0.2) is 0 Å². The number of rotatable bonds is 3. The van der Waals surface area contributed by atoms with Gasteiger partial charge in [0.2, 0.25) is 0 Å². The first-order valence-electron chi connectivity index (χ1n) is 6.49. The van der Waals surface area contributed by atoms with Gasteiger partial charge in [0, 0.05) is 5.02 Å². The minimum Gasteiger partial charge on any atom is -0.379 e. The third-order valence-corrected chi connectivity index (χ3v) is 5.05. The Labute approximate surface area is 130 Å². The molecule has 0 aromatic heterocycles. The molecule has 0 aliphatic rings. The van der Waals surface area contributed by atoms with Gasteiger partial charge in [-0.1, -0.05) is 23.7 Å². The third kappa shape index (κ3) is 3.39. The summed E-state index contributed by atoms with van der Waals surface area (Å²) in [7, 11) is -3.88. The standard InChI is InChI=1S/C16H17ClO3S/c1-10-5-6-11(2)15(7-10)20-21(18,19)16-9-12(3)14(17)8-13(16)4/h5-9H,1-4H3. The van der Waals surface area contributed by atoms with Crippen LogP contribution in [0, 0.1) is 27.7 Å². The average molecular weight is 325 g/mol. The monoisotopic (exact) mass is 324 g/mol. The van der Waals surface area contributed by atoms with Crippen LogP contribution < -0.4 is 4.18 Å². The zero-order valence-electron chi connectivity index (χ0n) is 12.4. The van der Waals surface area contributed by atoms with Crippen LogP contribution in [0.25, 0.3) is 0 Å². The van der Waals surface area contributed by atoms with E-state index in [2.05, 4.69) is 0 Å². The molecule has 0 radical (unpaired) electrons. The lowest BCUT2D eigenvalue weighted by molar-refractivity contribution is 0.483. The molecular formula is C16H17ClO3S. The molecule has 0 N–H and O–H groups in total. The maximum atomic E-state index is 12.5. The molecule has 0 bridgehead atoms. The van der Waals surface area contributed by atoms with Crippen molar-refractivity contribution in [2.75, 3.05) is 0 Å². The van der Waals surface area contributed by atoms with Gasteiger partial charge in [0.25, 0.3) is 0 Å². The average Bonchev–Trinajstić information content (AvgIpc) is 2.37. The second-order valence-electron chi connectivity index (χ2n) is 5.17. The predicted molar refractivity (Wildman–Crippen MR) is 84.7 cm³/mol. The molecule has 0 spiro atoms. The molecule has 0 heterocycles. The van der Waals surface area contributed by atoms with E-state index in [0.29, 0.717) is 21.9 Å². The maximum Gasteiger partial charge on any atom is 0.339 e. The van der Waals surface area contributed by atoms with Crippen molar-refractivity contribution in [3.8, 4) is 5.75 Å². The summed E-state index contributed by atoms with van der Waals surface area (Å²) < 4.78 is 30.3. The van der Waals surface area contributed by atoms with Gasteiger partial charge < -0.3 is 4.18 Å². The number of hydrogen-bond donors (Lipinski definition) is 0. The Morgan fingerprint density at radius 3 is 2.24 bits per heavy atom. The molecule has 112 valence electrons. The second kappa shape index (κ2) is 5.70. The fraction of sp³-hybridized carbons (Fsp3) is 0.250. The first kappa shape index (κ1) is 15.9. The number of hydrogen-bond acceptors (Lipinski definition) is 3. The smallest absolute Gasteiger partial charge is 0.339 e. The molecular weight excluding hydrogens is 308 g/mol. The lowest BCUT2D eigenvalue weighted by atomic mass is 10.1. The molecule has 0 fully saturated rings. The Kier molecular flexibility index (Phi) is 4.30. The maximum absolute atomic E-state index is 12.5. The van der Waals surface area contributed by atoms with Gasteiger partial charge in [-0.15, -0.1) is 0 Å². The van der Waals surface area contributed by atoms with Crippen molar-refractivity contribution in [1.82, 2.24) is 0 Å². The molecule has 0 aliphatic heterocycles. The molecule has 21 heavy (non-hydrogen) atoms. The van der Waals surface area contributed by atoms with E-state index in [1.54, 1.807) is 26.0 Å². The third-order valence-electron chi connectivity index (χ3n) is 3.27. The Morgan fingerprint density at radius 2 is 1.57 bits per heavy atom. The lowest BCUT2D eigenvalue weighted by Gasteiger charge is -2.13. The van der Waals surface area contributed by atoms with E-state index < -0.39 is 10.1 Å². The fourth-order valence-corrected chi connectivity index (χ4v) is 3.48. The molecule has 2 aromatic carbocycles. The van der Waals surface area contributed by atoms with Gasteiger partial charge in [0.15, 0.2) is 0 Å². The van der Waals surface area contributed by atoms with Crippen molar-refractivity contribution in [2.45, 2.75) is 32.6 Å². The van der Waals surface area contributed by atoms with E-state index in [9.17, 15) is 8.42 Å². The fourth-order valence-electron chi connectivity index (χ4n) is 1.98. The quantitative estimate of drug-likeness (QED) is 0.789. The van der Waals surface area contributed by atoms with Gasteiger partial charge in [-0.05, 0) is 68.1 Å². The van der Waals surface area contributed by atoms with E-state index in [-0.39, 0.29) is 4.90 Å². The molecule has 0 atom stereocenters. The van der Waals surface area contributed by atoms with Crippen LogP contribution >= 0.6 is 11.6 Å². The summed E-state index contributed by atoms with van der Waals surface area (Å²) in [6.07, 6.45) is 0. The van der Waals surface area contributed by atoms with Crippen molar-refractivity contribution in [1.29, 1.82) is 0 Å². The number of aryl methyl sites for hydroxylation is 4. The largest absolute Gasteiger partial charge is 0.379 e. The van der Waals surface area contributed by atoms with Crippen LogP contribution in [-0.4, -0.2) is 8.42 Å². The molecule has 0 unspecified atom stereocenters. The van der Waals surface area contributed by atoms with Crippen LogP contribution in [0.1, 0.15) is 22.3 Å². The molecule has 3 nitrogen and oxygen atoms in total. The van der Waals surface area contributed by atoms with E-state index in [4.69, 9.17) is 15.8 Å². The lowest BCUT2D eigenvalue weighted by Crippen LogP contribution is -2.12. The van der Waals surface area contributed by atoms with E-state index in [0.717, 1.165) is 11.1 Å². The normalized spacial score (nSPS) is 11.5. The zero-order valence-corrected chi connectivity index (χ0v) is 14.0. The summed E-state index contributed by atoms with van der Waals surface area (Å²) in [5.41, 5.74) is 2.98. The van der Waals surface area contributed by atoms with Gasteiger partial charge in [-0.3, -0.25) is 0 Å². The van der Waals surface area contributed by atoms with Crippen LogP contribution in [0.3, 0.4) is 0 Å². The highest BCUT2D eigenvalue weighted by Crippen LogP contribution is 2.28. The molecule has 0 aliphatic carbocycles. The Hall–Kier alpha value is -1.52. The summed E-state index contributed by atoms with van der Waals surface area (Å²) >= 11 is 6.01. The highest BCUT2D eigenvalue weighted by Gasteiger charge is 2.21. The highest BCUT2D eigenvalue weighted by atomic mass is 35.5. The van der Waals surface area contributed by atoms with Crippen molar-refractivity contribution >= 4 is 21.7 Å². The molecule has 5 heteroatoms. The Morgan fingerprint density at radius 1 is 0.905 bits per heavy atom. The number of benzene rings is 2. The number of halogens is 1. The summed E-state index contributed by atoms with van der Waals surface area (Å²) in [5, 5.41) is 0.540. The van der Waals surface area contributed by atoms with Crippen LogP contribution in [0.2, 0.25) is 5.02 Å². The van der Waals surface area contributed by atoms with Crippen LogP contribution in [-0.2, 0) is 10.1 Å². The topological polar surface area (TPSA) is 43.4 Å². The van der Waals surface area contributed by atoms with Gasteiger partial charge in [-0.2, -0.15) is 8.42 Å². The minimum atomic E-state index is -3.88.